The van der Waals surface area contributed by atoms with Crippen molar-refractivity contribution in [1.29, 1.82) is 0 Å². The summed E-state index contributed by atoms with van der Waals surface area (Å²) in [4.78, 5) is 24.4. The van der Waals surface area contributed by atoms with Gasteiger partial charge in [0.25, 0.3) is 0 Å². The summed E-state index contributed by atoms with van der Waals surface area (Å²) in [5, 5.41) is 23.2. The van der Waals surface area contributed by atoms with Crippen LogP contribution >= 0.6 is 0 Å². The van der Waals surface area contributed by atoms with E-state index in [1.54, 1.807) is 0 Å². The number of esters is 1. The molecule has 0 heterocycles. The molecule has 0 aliphatic heterocycles. The number of carbonyl (C=O) groups is 2. The van der Waals surface area contributed by atoms with Gasteiger partial charge in [0.1, 0.15) is 0 Å². The highest BCUT2D eigenvalue weighted by molar-refractivity contribution is 5.76. The number of allylic oxidation sites excluding steroid dienone is 2. The van der Waals surface area contributed by atoms with Crippen molar-refractivity contribution in [2.45, 2.75) is 334 Å². The molecule has 64 heavy (non-hydrogen) atoms. The molecule has 0 aliphatic carbocycles. The predicted molar refractivity (Wildman–Crippen MR) is 278 cm³/mol. The number of amides is 1. The standard InChI is InChI=1S/C58H113NO5/c1-3-5-7-9-11-13-30-34-38-42-46-50-56(61)55(54-60)59-57(62)51-47-43-39-35-32-28-26-24-22-20-18-16-15-17-19-21-23-25-27-29-33-37-41-45-49-53-64-58(63)52-48-44-40-36-31-14-12-10-8-6-4-2/h10,12,55-56,60-61H,3-9,11,13-54H2,1-2H3,(H,59,62)/b12-10-. The van der Waals surface area contributed by atoms with Crippen LogP contribution in [0.15, 0.2) is 12.2 Å². The van der Waals surface area contributed by atoms with Crippen LogP contribution in [0.3, 0.4) is 0 Å². The molecule has 2 unspecified atom stereocenters. The number of hydrogen-bond donors (Lipinski definition) is 3. The summed E-state index contributed by atoms with van der Waals surface area (Å²) in [5.74, 6) is -0.0277. The van der Waals surface area contributed by atoms with Crippen LogP contribution in [0.5, 0.6) is 0 Å². The van der Waals surface area contributed by atoms with E-state index in [1.165, 1.54) is 244 Å². The normalized spacial score (nSPS) is 12.6. The minimum Gasteiger partial charge on any atom is -0.466 e. The number of ether oxygens (including phenoxy) is 1. The third kappa shape index (κ3) is 50.0. The molecule has 0 spiro atoms. The van der Waals surface area contributed by atoms with Crippen molar-refractivity contribution in [3.8, 4) is 0 Å². The molecule has 0 aromatic heterocycles. The van der Waals surface area contributed by atoms with E-state index in [0.29, 0.717) is 25.9 Å². The smallest absolute Gasteiger partial charge is 0.305 e. The number of carbonyl (C=O) groups excluding carboxylic acids is 2. The molecule has 3 N–H and O–H groups in total. The van der Waals surface area contributed by atoms with E-state index >= 15 is 0 Å². The minimum atomic E-state index is -0.660. The molecule has 0 fully saturated rings. The Bertz CT molecular complexity index is 955. The molecular weight excluding hydrogens is 791 g/mol. The fraction of sp³-hybridized carbons (Fsp3) is 0.931. The third-order valence-electron chi connectivity index (χ3n) is 13.6. The first-order valence-electron chi connectivity index (χ1n) is 28.9. The van der Waals surface area contributed by atoms with Crippen LogP contribution in [0.25, 0.3) is 0 Å². The third-order valence-corrected chi connectivity index (χ3v) is 13.6. The van der Waals surface area contributed by atoms with Gasteiger partial charge in [-0.25, -0.2) is 0 Å². The molecule has 0 bridgehead atoms. The van der Waals surface area contributed by atoms with Crippen molar-refractivity contribution in [3.63, 3.8) is 0 Å². The van der Waals surface area contributed by atoms with E-state index in [4.69, 9.17) is 4.74 Å². The zero-order chi connectivity index (χ0) is 46.5. The highest BCUT2D eigenvalue weighted by Gasteiger charge is 2.20. The number of rotatable bonds is 54. The van der Waals surface area contributed by atoms with Gasteiger partial charge in [0.05, 0.1) is 25.4 Å². The molecule has 1 amide bonds. The Labute approximate surface area is 399 Å². The Hall–Kier alpha value is -1.40. The number of hydrogen-bond acceptors (Lipinski definition) is 5. The van der Waals surface area contributed by atoms with Gasteiger partial charge in [0.2, 0.25) is 5.91 Å². The van der Waals surface area contributed by atoms with Crippen LogP contribution < -0.4 is 5.32 Å². The van der Waals surface area contributed by atoms with Gasteiger partial charge in [-0.3, -0.25) is 9.59 Å². The largest absolute Gasteiger partial charge is 0.466 e. The van der Waals surface area contributed by atoms with E-state index in [1.807, 2.05) is 0 Å². The first-order valence-corrected chi connectivity index (χ1v) is 28.9. The molecule has 6 nitrogen and oxygen atoms in total. The van der Waals surface area contributed by atoms with Gasteiger partial charge in [-0.15, -0.1) is 0 Å². The van der Waals surface area contributed by atoms with Gasteiger partial charge < -0.3 is 20.3 Å². The maximum Gasteiger partial charge on any atom is 0.305 e. The summed E-state index contributed by atoms with van der Waals surface area (Å²) in [5.41, 5.74) is 0. The first kappa shape index (κ1) is 62.6. The average Bonchev–Trinajstić information content (AvgIpc) is 3.29. The van der Waals surface area contributed by atoms with Gasteiger partial charge in [-0.1, -0.05) is 276 Å². The van der Waals surface area contributed by atoms with Gasteiger partial charge in [0.15, 0.2) is 0 Å². The SMILES string of the molecule is CCCC/C=C\CCCCCCCC(=O)OCCCCCCCCCCCCCCCCCCCCCCCCCCCC(=O)NC(CO)C(O)CCCCCCCCCCCCC. The van der Waals surface area contributed by atoms with Crippen molar-refractivity contribution < 1.29 is 24.5 Å². The summed E-state index contributed by atoms with van der Waals surface area (Å²) < 4.78 is 5.46. The summed E-state index contributed by atoms with van der Waals surface area (Å²) in [6.07, 6.45) is 63.6. The summed E-state index contributed by atoms with van der Waals surface area (Å²) in [6.45, 7) is 4.92. The van der Waals surface area contributed by atoms with E-state index < -0.39 is 12.1 Å². The second-order valence-corrected chi connectivity index (χ2v) is 20.0. The minimum absolute atomic E-state index is 0.00547. The van der Waals surface area contributed by atoms with E-state index in [0.717, 1.165) is 44.9 Å². The van der Waals surface area contributed by atoms with Crippen LogP contribution in [-0.4, -0.2) is 47.4 Å². The highest BCUT2D eigenvalue weighted by Crippen LogP contribution is 2.18. The molecular formula is C58H113NO5. The lowest BCUT2D eigenvalue weighted by Gasteiger charge is -2.22. The van der Waals surface area contributed by atoms with Gasteiger partial charge in [-0.2, -0.15) is 0 Å². The van der Waals surface area contributed by atoms with Crippen molar-refractivity contribution in [2.24, 2.45) is 0 Å². The zero-order valence-corrected chi connectivity index (χ0v) is 43.3. The topological polar surface area (TPSA) is 95.9 Å². The predicted octanol–water partition coefficient (Wildman–Crippen LogP) is 17.7. The summed E-state index contributed by atoms with van der Waals surface area (Å²) >= 11 is 0. The second-order valence-electron chi connectivity index (χ2n) is 20.0. The van der Waals surface area contributed by atoms with Crippen LogP contribution in [0.4, 0.5) is 0 Å². The maximum atomic E-state index is 12.4. The molecule has 0 saturated carbocycles. The van der Waals surface area contributed by atoms with Crippen LogP contribution in [0.1, 0.15) is 322 Å². The van der Waals surface area contributed by atoms with E-state index in [9.17, 15) is 19.8 Å². The molecule has 0 aromatic rings. The fourth-order valence-electron chi connectivity index (χ4n) is 9.09. The number of unbranched alkanes of at least 4 members (excludes halogenated alkanes) is 41. The van der Waals surface area contributed by atoms with Crippen molar-refractivity contribution in [3.05, 3.63) is 12.2 Å². The zero-order valence-electron chi connectivity index (χ0n) is 43.3. The quantitative estimate of drug-likeness (QED) is 0.0321. The molecule has 6 heteroatoms. The number of aliphatic hydroxyl groups is 2. The monoisotopic (exact) mass is 904 g/mol. The summed E-state index contributed by atoms with van der Waals surface area (Å²) in [7, 11) is 0. The van der Waals surface area contributed by atoms with E-state index in [2.05, 4.69) is 31.3 Å². The lowest BCUT2D eigenvalue weighted by molar-refractivity contribution is -0.143. The molecule has 0 rings (SSSR count). The van der Waals surface area contributed by atoms with Crippen molar-refractivity contribution >= 4 is 11.9 Å². The lowest BCUT2D eigenvalue weighted by Crippen LogP contribution is -2.45. The number of nitrogens with one attached hydrogen (secondary N) is 1. The molecule has 0 radical (unpaired) electrons. The van der Waals surface area contributed by atoms with Crippen LogP contribution in [-0.2, 0) is 14.3 Å². The second kappa shape index (κ2) is 54.2. The average molecular weight is 905 g/mol. The molecule has 380 valence electrons. The fourth-order valence-corrected chi connectivity index (χ4v) is 9.09. The molecule has 2 atom stereocenters. The highest BCUT2D eigenvalue weighted by atomic mass is 16.5. The van der Waals surface area contributed by atoms with Gasteiger partial charge >= 0.3 is 5.97 Å². The van der Waals surface area contributed by atoms with E-state index in [-0.39, 0.29) is 18.5 Å². The van der Waals surface area contributed by atoms with Crippen molar-refractivity contribution in [1.82, 2.24) is 5.32 Å². The van der Waals surface area contributed by atoms with Crippen LogP contribution in [0, 0.1) is 0 Å². The lowest BCUT2D eigenvalue weighted by atomic mass is 10.0. The Morgan fingerprint density at radius 3 is 1.16 bits per heavy atom. The molecule has 0 saturated heterocycles. The summed E-state index contributed by atoms with van der Waals surface area (Å²) in [6, 6.07) is -0.537. The van der Waals surface area contributed by atoms with Crippen molar-refractivity contribution in [2.75, 3.05) is 13.2 Å². The van der Waals surface area contributed by atoms with Crippen LogP contribution in [0.2, 0.25) is 0 Å². The molecule has 0 aliphatic rings. The van der Waals surface area contributed by atoms with Gasteiger partial charge in [0, 0.05) is 12.8 Å². The Balaban J connectivity index is 3.34. The van der Waals surface area contributed by atoms with Gasteiger partial charge in [-0.05, 0) is 44.9 Å². The maximum absolute atomic E-state index is 12.4. The Kier molecular flexibility index (Phi) is 53.0. The molecule has 0 aromatic carbocycles. The first-order chi connectivity index (χ1) is 31.5. The Morgan fingerprint density at radius 1 is 0.422 bits per heavy atom. The Morgan fingerprint density at radius 2 is 0.750 bits per heavy atom. The number of aliphatic hydroxyl groups excluding tert-OH is 2.